The van der Waals surface area contributed by atoms with Crippen molar-refractivity contribution in [2.24, 2.45) is 0 Å². The highest BCUT2D eigenvalue weighted by Gasteiger charge is 2.13. The van der Waals surface area contributed by atoms with Gasteiger partial charge in [0.2, 0.25) is 0 Å². The van der Waals surface area contributed by atoms with E-state index in [4.69, 9.17) is 0 Å². The number of aromatic nitrogens is 2. The Bertz CT molecular complexity index is 919. The number of hydrogen-bond acceptors (Lipinski definition) is 4. The Balaban J connectivity index is 2.27. The van der Waals surface area contributed by atoms with Gasteiger partial charge in [0.25, 0.3) is 11.2 Å². The fourth-order valence-electron chi connectivity index (χ4n) is 2.26. The van der Waals surface area contributed by atoms with Crippen LogP contribution in [-0.4, -0.2) is 14.5 Å². The molecule has 0 atom stereocenters. The normalized spacial score (nSPS) is 10.8. The monoisotopic (exact) mass is 359 g/mol. The number of nitro groups is 1. The number of halogens is 1. The summed E-state index contributed by atoms with van der Waals surface area (Å²) in [6.07, 6.45) is 0. The van der Waals surface area contributed by atoms with Crippen molar-refractivity contribution < 1.29 is 4.92 Å². The second-order valence-electron chi connectivity index (χ2n) is 4.59. The van der Waals surface area contributed by atoms with Crippen molar-refractivity contribution in [3.63, 3.8) is 0 Å². The Morgan fingerprint density at radius 1 is 1.14 bits per heavy atom. The number of nitrogens with zero attached hydrogens (tertiary/aromatic N) is 3. The molecule has 0 aliphatic carbocycles. The van der Waals surface area contributed by atoms with E-state index in [0.29, 0.717) is 27.7 Å². The zero-order valence-corrected chi connectivity index (χ0v) is 12.9. The predicted molar refractivity (Wildman–Crippen MR) is 86.6 cm³/mol. The number of fused-ring (bicyclic) bond motifs is 1. The summed E-state index contributed by atoms with van der Waals surface area (Å²) < 4.78 is 1.46. The standard InChI is InChI=1S/C15H10BrN3O3/c16-9-14-17-13-4-2-1-3-12(13)15(20)18(14)10-5-7-11(8-6-10)19(21)22/h1-8H,9H2. The van der Waals surface area contributed by atoms with E-state index in [0.717, 1.165) is 0 Å². The largest absolute Gasteiger partial charge is 0.269 e. The molecule has 3 rings (SSSR count). The molecular formula is C15H10BrN3O3. The summed E-state index contributed by atoms with van der Waals surface area (Å²) in [5.41, 5.74) is 0.947. The van der Waals surface area contributed by atoms with Crippen molar-refractivity contribution in [1.82, 2.24) is 9.55 Å². The second-order valence-corrected chi connectivity index (χ2v) is 5.15. The maximum Gasteiger partial charge on any atom is 0.269 e. The lowest BCUT2D eigenvalue weighted by Crippen LogP contribution is -2.23. The van der Waals surface area contributed by atoms with Crippen molar-refractivity contribution in [2.75, 3.05) is 0 Å². The molecule has 0 aliphatic heterocycles. The van der Waals surface area contributed by atoms with Crippen LogP contribution in [0.3, 0.4) is 0 Å². The molecule has 0 saturated carbocycles. The number of non-ortho nitro benzene ring substituents is 1. The van der Waals surface area contributed by atoms with Crippen LogP contribution in [0.5, 0.6) is 0 Å². The Labute approximate surface area is 133 Å². The lowest BCUT2D eigenvalue weighted by Gasteiger charge is -2.11. The predicted octanol–water partition coefficient (Wildman–Crippen LogP) is 3.19. The van der Waals surface area contributed by atoms with Crippen LogP contribution >= 0.6 is 15.9 Å². The first kappa shape index (κ1) is 14.4. The molecular weight excluding hydrogens is 350 g/mol. The van der Waals surface area contributed by atoms with Crippen molar-refractivity contribution >= 4 is 32.5 Å². The molecule has 0 aliphatic rings. The van der Waals surface area contributed by atoms with Crippen LogP contribution in [0.15, 0.2) is 53.3 Å². The van der Waals surface area contributed by atoms with Crippen LogP contribution in [0.2, 0.25) is 0 Å². The summed E-state index contributed by atoms with van der Waals surface area (Å²) in [5.74, 6) is 0.539. The molecule has 2 aromatic carbocycles. The molecule has 0 unspecified atom stereocenters. The molecule has 0 amide bonds. The Hall–Kier alpha value is -2.54. The third kappa shape index (κ3) is 2.39. The average molecular weight is 360 g/mol. The molecule has 7 heteroatoms. The summed E-state index contributed by atoms with van der Waals surface area (Å²) in [6, 6.07) is 12.9. The molecule has 0 spiro atoms. The van der Waals surface area contributed by atoms with Crippen LogP contribution in [0.1, 0.15) is 5.82 Å². The van der Waals surface area contributed by atoms with E-state index in [1.54, 1.807) is 30.3 Å². The SMILES string of the molecule is O=c1c2ccccc2nc(CBr)n1-c1ccc([N+](=O)[O-])cc1. The van der Waals surface area contributed by atoms with Gasteiger partial charge in [-0.25, -0.2) is 4.98 Å². The number of para-hydroxylation sites is 1. The van der Waals surface area contributed by atoms with Gasteiger partial charge in [-0.2, -0.15) is 0 Å². The summed E-state index contributed by atoms with van der Waals surface area (Å²) in [6.45, 7) is 0. The highest BCUT2D eigenvalue weighted by Crippen LogP contribution is 2.18. The van der Waals surface area contributed by atoms with E-state index < -0.39 is 4.92 Å². The van der Waals surface area contributed by atoms with Crippen molar-refractivity contribution in [3.05, 3.63) is 74.8 Å². The Morgan fingerprint density at radius 2 is 1.82 bits per heavy atom. The third-order valence-corrected chi connectivity index (χ3v) is 3.78. The van der Waals surface area contributed by atoms with Gasteiger partial charge in [0.1, 0.15) is 5.82 Å². The summed E-state index contributed by atoms with van der Waals surface area (Å²) in [4.78, 5) is 27.4. The van der Waals surface area contributed by atoms with Gasteiger partial charge in [0, 0.05) is 12.1 Å². The minimum atomic E-state index is -0.476. The number of nitro benzene ring substituents is 1. The minimum Gasteiger partial charge on any atom is -0.268 e. The molecule has 6 nitrogen and oxygen atoms in total. The maximum absolute atomic E-state index is 12.7. The summed E-state index contributed by atoms with van der Waals surface area (Å²) >= 11 is 3.33. The topological polar surface area (TPSA) is 78.0 Å². The smallest absolute Gasteiger partial charge is 0.268 e. The number of benzene rings is 2. The number of rotatable bonds is 3. The molecule has 110 valence electrons. The van der Waals surface area contributed by atoms with Crippen molar-refractivity contribution in [3.8, 4) is 5.69 Å². The van der Waals surface area contributed by atoms with E-state index >= 15 is 0 Å². The van der Waals surface area contributed by atoms with Gasteiger partial charge in [-0.1, -0.05) is 28.1 Å². The fraction of sp³-hybridized carbons (Fsp3) is 0.0667. The lowest BCUT2D eigenvalue weighted by atomic mass is 10.2. The van der Waals surface area contributed by atoms with Gasteiger partial charge in [-0.15, -0.1) is 0 Å². The lowest BCUT2D eigenvalue weighted by molar-refractivity contribution is -0.384. The average Bonchev–Trinajstić information content (AvgIpc) is 2.55. The quantitative estimate of drug-likeness (QED) is 0.408. The summed E-state index contributed by atoms with van der Waals surface area (Å²) in [7, 11) is 0. The first-order valence-corrected chi connectivity index (χ1v) is 7.55. The third-order valence-electron chi connectivity index (χ3n) is 3.28. The van der Waals surface area contributed by atoms with Crippen LogP contribution in [0.4, 0.5) is 5.69 Å². The maximum atomic E-state index is 12.7. The van der Waals surface area contributed by atoms with E-state index in [-0.39, 0.29) is 11.2 Å². The first-order valence-electron chi connectivity index (χ1n) is 6.43. The molecule has 3 aromatic rings. The van der Waals surface area contributed by atoms with Crippen molar-refractivity contribution in [1.29, 1.82) is 0 Å². The van der Waals surface area contributed by atoms with Gasteiger partial charge < -0.3 is 0 Å². The van der Waals surface area contributed by atoms with Gasteiger partial charge in [0.15, 0.2) is 0 Å². The van der Waals surface area contributed by atoms with Crippen molar-refractivity contribution in [2.45, 2.75) is 5.33 Å². The van der Waals surface area contributed by atoms with E-state index in [2.05, 4.69) is 20.9 Å². The Morgan fingerprint density at radius 3 is 2.45 bits per heavy atom. The van der Waals surface area contributed by atoms with Gasteiger partial charge in [0.05, 0.1) is 26.8 Å². The molecule has 0 N–H and O–H groups in total. The second kappa shape index (κ2) is 5.69. The van der Waals surface area contributed by atoms with Crippen LogP contribution in [-0.2, 0) is 5.33 Å². The van der Waals surface area contributed by atoms with E-state index in [1.807, 2.05) is 6.07 Å². The van der Waals surface area contributed by atoms with Gasteiger partial charge in [-0.05, 0) is 24.3 Å². The van der Waals surface area contributed by atoms with Gasteiger partial charge in [-0.3, -0.25) is 19.5 Å². The molecule has 0 bridgehead atoms. The molecule has 1 heterocycles. The zero-order valence-electron chi connectivity index (χ0n) is 11.3. The van der Waals surface area contributed by atoms with E-state index in [1.165, 1.54) is 16.7 Å². The van der Waals surface area contributed by atoms with Gasteiger partial charge >= 0.3 is 0 Å². The minimum absolute atomic E-state index is 0.0223. The number of hydrogen-bond donors (Lipinski definition) is 0. The van der Waals surface area contributed by atoms with Crippen LogP contribution in [0, 0.1) is 10.1 Å². The highest BCUT2D eigenvalue weighted by molar-refractivity contribution is 9.08. The van der Waals surface area contributed by atoms with Crippen LogP contribution in [0.25, 0.3) is 16.6 Å². The fourth-order valence-corrected chi connectivity index (χ4v) is 2.63. The molecule has 0 fully saturated rings. The van der Waals surface area contributed by atoms with E-state index in [9.17, 15) is 14.9 Å². The molecule has 0 saturated heterocycles. The molecule has 1 aromatic heterocycles. The first-order chi connectivity index (χ1) is 10.6. The summed E-state index contributed by atoms with van der Waals surface area (Å²) in [5, 5.41) is 11.6. The molecule has 0 radical (unpaired) electrons. The number of alkyl halides is 1. The zero-order chi connectivity index (χ0) is 15.7. The van der Waals surface area contributed by atoms with Crippen LogP contribution < -0.4 is 5.56 Å². The molecule has 22 heavy (non-hydrogen) atoms. The highest BCUT2D eigenvalue weighted by atomic mass is 79.9. The Kier molecular flexibility index (Phi) is 3.72.